The molecule has 0 unspecified atom stereocenters. The van der Waals surface area contributed by atoms with E-state index in [9.17, 15) is 0 Å². The van der Waals surface area contributed by atoms with Crippen molar-refractivity contribution in [2.24, 2.45) is 5.92 Å². The van der Waals surface area contributed by atoms with Crippen molar-refractivity contribution in [1.29, 1.82) is 0 Å². The average molecular weight is 473 g/mol. The van der Waals surface area contributed by atoms with Crippen LogP contribution in [0.3, 0.4) is 0 Å². The van der Waals surface area contributed by atoms with Gasteiger partial charge >= 0.3 is 0 Å². The van der Waals surface area contributed by atoms with Crippen molar-refractivity contribution in [2.45, 2.75) is 47.1 Å². The van der Waals surface area contributed by atoms with Gasteiger partial charge in [0.05, 0.1) is 20.3 Å². The van der Waals surface area contributed by atoms with Crippen LogP contribution in [0, 0.1) is 28.3 Å². The number of benzene rings is 1. The Labute approximate surface area is 174 Å². The molecule has 0 amide bonds. The van der Waals surface area contributed by atoms with Crippen LogP contribution in [0.1, 0.15) is 44.9 Å². The predicted octanol–water partition coefficient (Wildman–Crippen LogP) is 5.94. The number of hydrogen-bond acceptors (Lipinski definition) is 3. The van der Waals surface area contributed by atoms with Gasteiger partial charge < -0.3 is 4.74 Å². The van der Waals surface area contributed by atoms with Crippen LogP contribution in [0.4, 0.5) is 0 Å². The van der Waals surface area contributed by atoms with Gasteiger partial charge in [-0.3, -0.25) is 4.68 Å². The minimum Gasteiger partial charge on any atom is -0.437 e. The van der Waals surface area contributed by atoms with E-state index in [1.165, 1.54) is 0 Å². The normalized spacial score (nSPS) is 11.9. The first-order chi connectivity index (χ1) is 13.0. The highest BCUT2D eigenvalue weighted by atomic mass is 127. The second-order valence-electron chi connectivity index (χ2n) is 6.69. The monoisotopic (exact) mass is 473 g/mol. The minimum atomic E-state index is 0.563. The molecule has 4 nitrogen and oxygen atoms in total. The molecule has 0 bridgehead atoms. The number of aryl methyl sites for hydroxylation is 1. The van der Waals surface area contributed by atoms with Crippen LogP contribution >= 0.6 is 22.6 Å². The van der Waals surface area contributed by atoms with E-state index in [4.69, 9.17) is 9.84 Å². The summed E-state index contributed by atoms with van der Waals surface area (Å²) in [7, 11) is 0. The molecule has 0 fully saturated rings. The first kappa shape index (κ1) is 19.7. The molecule has 0 N–H and O–H groups in total. The van der Waals surface area contributed by atoms with Crippen molar-refractivity contribution < 1.29 is 4.74 Å². The number of rotatable bonds is 5. The SMILES string of the molecule is CCC#Cc1cc2c(C)nn(C[C@@H](C)CC)c2cc1Oc1ncccc1I. The largest absolute Gasteiger partial charge is 0.437 e. The Morgan fingerprint density at radius 2 is 2.11 bits per heavy atom. The Balaban J connectivity index is 2.13. The minimum absolute atomic E-state index is 0.563. The number of nitrogens with zero attached hydrogens (tertiary/aromatic N) is 3. The molecule has 0 spiro atoms. The number of aromatic nitrogens is 3. The maximum Gasteiger partial charge on any atom is 0.232 e. The number of fused-ring (bicyclic) bond motifs is 1. The Bertz CT molecular complexity index is 1010. The number of pyridine rings is 1. The van der Waals surface area contributed by atoms with E-state index in [1.54, 1.807) is 6.20 Å². The lowest BCUT2D eigenvalue weighted by Gasteiger charge is -2.12. The van der Waals surface area contributed by atoms with Crippen LogP contribution in [-0.4, -0.2) is 14.8 Å². The summed E-state index contributed by atoms with van der Waals surface area (Å²) in [4.78, 5) is 4.36. The molecule has 5 heteroatoms. The second-order valence-corrected chi connectivity index (χ2v) is 7.86. The molecular weight excluding hydrogens is 449 g/mol. The van der Waals surface area contributed by atoms with Crippen molar-refractivity contribution in [3.63, 3.8) is 0 Å². The van der Waals surface area contributed by atoms with E-state index in [0.29, 0.717) is 11.8 Å². The predicted molar refractivity (Wildman–Crippen MR) is 118 cm³/mol. The zero-order chi connectivity index (χ0) is 19.4. The van der Waals surface area contributed by atoms with Gasteiger partial charge in [0.25, 0.3) is 0 Å². The summed E-state index contributed by atoms with van der Waals surface area (Å²) < 4.78 is 9.23. The fourth-order valence-electron chi connectivity index (χ4n) is 2.84. The average Bonchev–Trinajstić information content (AvgIpc) is 2.96. The quantitative estimate of drug-likeness (QED) is 0.340. The molecule has 2 heterocycles. The zero-order valence-corrected chi connectivity index (χ0v) is 18.4. The van der Waals surface area contributed by atoms with Gasteiger partial charge in [0.2, 0.25) is 5.88 Å². The van der Waals surface area contributed by atoms with Gasteiger partial charge in [-0.25, -0.2) is 4.98 Å². The highest BCUT2D eigenvalue weighted by molar-refractivity contribution is 14.1. The van der Waals surface area contributed by atoms with Crippen molar-refractivity contribution in [2.75, 3.05) is 0 Å². The van der Waals surface area contributed by atoms with Crippen LogP contribution in [0.5, 0.6) is 11.6 Å². The molecule has 0 aliphatic rings. The summed E-state index contributed by atoms with van der Waals surface area (Å²) in [5.41, 5.74) is 2.97. The van der Waals surface area contributed by atoms with Crippen LogP contribution in [0.15, 0.2) is 30.5 Å². The Morgan fingerprint density at radius 3 is 2.81 bits per heavy atom. The summed E-state index contributed by atoms with van der Waals surface area (Å²) >= 11 is 2.24. The molecule has 2 aromatic heterocycles. The van der Waals surface area contributed by atoms with Crippen LogP contribution < -0.4 is 4.74 Å². The van der Waals surface area contributed by atoms with Crippen molar-refractivity contribution >= 4 is 33.5 Å². The van der Waals surface area contributed by atoms with Gasteiger partial charge in [-0.1, -0.05) is 39.0 Å². The fraction of sp³-hybridized carbons (Fsp3) is 0.364. The molecule has 0 radical (unpaired) electrons. The number of hydrogen-bond donors (Lipinski definition) is 0. The van der Waals surface area contributed by atoms with Gasteiger partial charge in [0.15, 0.2) is 0 Å². The maximum absolute atomic E-state index is 6.18. The first-order valence-corrected chi connectivity index (χ1v) is 10.4. The second kappa shape index (κ2) is 8.75. The van der Waals surface area contributed by atoms with Crippen LogP contribution in [-0.2, 0) is 6.54 Å². The molecule has 1 atom stereocenters. The Kier molecular flexibility index (Phi) is 6.38. The molecule has 140 valence electrons. The molecule has 0 saturated heterocycles. The van der Waals surface area contributed by atoms with E-state index in [0.717, 1.165) is 50.9 Å². The Morgan fingerprint density at radius 1 is 1.30 bits per heavy atom. The van der Waals surface area contributed by atoms with Gasteiger partial charge in [-0.2, -0.15) is 5.10 Å². The van der Waals surface area contributed by atoms with Gasteiger partial charge in [-0.15, -0.1) is 0 Å². The lowest BCUT2D eigenvalue weighted by molar-refractivity contribution is 0.444. The molecular formula is C22H24IN3O. The number of halogens is 1. The van der Waals surface area contributed by atoms with E-state index < -0.39 is 0 Å². The third-order valence-electron chi connectivity index (χ3n) is 4.55. The molecule has 0 saturated carbocycles. The molecule has 27 heavy (non-hydrogen) atoms. The Hall–Kier alpha value is -2.07. The van der Waals surface area contributed by atoms with E-state index in [-0.39, 0.29) is 0 Å². The zero-order valence-electron chi connectivity index (χ0n) is 16.2. The van der Waals surface area contributed by atoms with Gasteiger partial charge in [-0.05, 0) is 53.6 Å². The van der Waals surface area contributed by atoms with Crippen LogP contribution in [0.2, 0.25) is 0 Å². The fourth-order valence-corrected chi connectivity index (χ4v) is 3.30. The third kappa shape index (κ3) is 4.44. The topological polar surface area (TPSA) is 39.9 Å². The summed E-state index contributed by atoms with van der Waals surface area (Å²) in [6, 6.07) is 8.04. The van der Waals surface area contributed by atoms with E-state index >= 15 is 0 Å². The first-order valence-electron chi connectivity index (χ1n) is 9.31. The maximum atomic E-state index is 6.18. The summed E-state index contributed by atoms with van der Waals surface area (Å²) in [6.07, 6.45) is 3.66. The smallest absolute Gasteiger partial charge is 0.232 e. The standard InChI is InChI=1S/C22H24IN3O/c1-5-7-9-17-12-18-16(4)25-26(14-15(3)6-2)20(18)13-21(17)27-22-19(23)10-8-11-24-22/h8,10-13,15H,5-6,14H2,1-4H3/t15-/m0/s1. The summed E-state index contributed by atoms with van der Waals surface area (Å²) in [5, 5.41) is 5.89. The number of ether oxygens (including phenoxy) is 1. The van der Waals surface area contributed by atoms with Gasteiger partial charge in [0.1, 0.15) is 5.75 Å². The highest BCUT2D eigenvalue weighted by Crippen LogP contribution is 2.32. The van der Waals surface area contributed by atoms with Gasteiger partial charge in [0, 0.05) is 30.6 Å². The molecule has 0 aliphatic heterocycles. The summed E-state index contributed by atoms with van der Waals surface area (Å²) in [5.74, 6) is 8.29. The highest BCUT2D eigenvalue weighted by Gasteiger charge is 2.15. The van der Waals surface area contributed by atoms with E-state index in [1.807, 2.05) is 19.1 Å². The lowest BCUT2D eigenvalue weighted by atomic mass is 10.1. The molecule has 3 rings (SSSR count). The molecule has 0 aliphatic carbocycles. The third-order valence-corrected chi connectivity index (χ3v) is 5.37. The van der Waals surface area contributed by atoms with Crippen molar-refractivity contribution in [3.8, 4) is 23.5 Å². The van der Waals surface area contributed by atoms with E-state index in [2.05, 4.69) is 77.0 Å². The molecule has 1 aromatic carbocycles. The van der Waals surface area contributed by atoms with Crippen molar-refractivity contribution in [1.82, 2.24) is 14.8 Å². The lowest BCUT2D eigenvalue weighted by Crippen LogP contribution is -2.08. The molecule has 3 aromatic rings. The summed E-state index contributed by atoms with van der Waals surface area (Å²) in [6.45, 7) is 9.44. The van der Waals surface area contributed by atoms with Crippen LogP contribution in [0.25, 0.3) is 10.9 Å². The van der Waals surface area contributed by atoms with Crippen molar-refractivity contribution in [3.05, 3.63) is 45.3 Å².